The topological polar surface area (TPSA) is 41.3 Å². The molecule has 1 N–H and O–H groups in total. The maximum absolute atomic E-state index is 13.3. The highest BCUT2D eigenvalue weighted by molar-refractivity contribution is 5.61. The smallest absolute Gasteiger partial charge is 0.123 e. The Bertz CT molecular complexity index is 1060. The Morgan fingerprint density at radius 2 is 1.87 bits per heavy atom. The summed E-state index contributed by atoms with van der Waals surface area (Å²) in [5.41, 5.74) is 5.46. The molecule has 1 atom stereocenters. The van der Waals surface area contributed by atoms with E-state index in [1.807, 2.05) is 16.9 Å². The highest BCUT2D eigenvalue weighted by Crippen LogP contribution is 2.43. The molecule has 0 spiro atoms. The van der Waals surface area contributed by atoms with E-state index in [2.05, 4.69) is 40.3 Å². The third-order valence-corrected chi connectivity index (χ3v) is 6.56. The van der Waals surface area contributed by atoms with Crippen molar-refractivity contribution in [3.05, 3.63) is 89.0 Å². The molecule has 30 heavy (non-hydrogen) atoms. The van der Waals surface area contributed by atoms with Crippen LogP contribution >= 0.6 is 0 Å². The van der Waals surface area contributed by atoms with Gasteiger partial charge in [0, 0.05) is 25.0 Å². The van der Waals surface area contributed by atoms with Crippen molar-refractivity contribution in [1.29, 1.82) is 0 Å². The van der Waals surface area contributed by atoms with E-state index in [0.717, 1.165) is 55.8 Å². The second-order valence-corrected chi connectivity index (χ2v) is 8.49. The molecular formula is C25H26FN3O. The molecule has 1 aromatic heterocycles. The minimum Gasteiger partial charge on any atom is -0.395 e. The summed E-state index contributed by atoms with van der Waals surface area (Å²) < 4.78 is 15.2. The number of piperidine rings is 1. The van der Waals surface area contributed by atoms with Crippen molar-refractivity contribution >= 4 is 6.08 Å². The molecule has 0 radical (unpaired) electrons. The van der Waals surface area contributed by atoms with E-state index in [4.69, 9.17) is 0 Å². The Morgan fingerprint density at radius 1 is 1.07 bits per heavy atom. The number of hydrogen-bond acceptors (Lipinski definition) is 3. The molecule has 0 saturated carbocycles. The van der Waals surface area contributed by atoms with Gasteiger partial charge < -0.3 is 10.0 Å². The average molecular weight is 404 g/mol. The maximum Gasteiger partial charge on any atom is 0.123 e. The van der Waals surface area contributed by atoms with Gasteiger partial charge in [-0.3, -0.25) is 0 Å². The van der Waals surface area contributed by atoms with Crippen molar-refractivity contribution in [2.75, 3.05) is 26.2 Å². The van der Waals surface area contributed by atoms with Crippen LogP contribution in [-0.2, 0) is 12.8 Å². The zero-order chi connectivity index (χ0) is 20.6. The molecule has 4 nitrogen and oxygen atoms in total. The second-order valence-electron chi connectivity index (χ2n) is 8.49. The summed E-state index contributed by atoms with van der Waals surface area (Å²) in [6.45, 7) is 3.01. The van der Waals surface area contributed by atoms with Gasteiger partial charge in [-0.2, -0.15) is 5.10 Å². The van der Waals surface area contributed by atoms with Crippen molar-refractivity contribution in [2.24, 2.45) is 5.41 Å². The molecule has 1 saturated heterocycles. The predicted molar refractivity (Wildman–Crippen MR) is 116 cm³/mol. The fourth-order valence-electron chi connectivity index (χ4n) is 4.88. The first-order valence-corrected chi connectivity index (χ1v) is 10.6. The summed E-state index contributed by atoms with van der Waals surface area (Å²) in [6, 6.07) is 17.0. The molecule has 0 bridgehead atoms. The molecule has 154 valence electrons. The minimum atomic E-state index is -0.250. The maximum atomic E-state index is 13.3. The van der Waals surface area contributed by atoms with Gasteiger partial charge in [-0.1, -0.05) is 35.9 Å². The highest BCUT2D eigenvalue weighted by Gasteiger charge is 2.42. The number of likely N-dealkylation sites (tertiary alicyclic amines) is 1. The van der Waals surface area contributed by atoms with Gasteiger partial charge in [-0.25, -0.2) is 9.07 Å². The zero-order valence-corrected chi connectivity index (χ0v) is 17.0. The average Bonchev–Trinajstić information content (AvgIpc) is 3.19. The van der Waals surface area contributed by atoms with Crippen molar-refractivity contribution in [1.82, 2.24) is 14.7 Å². The largest absolute Gasteiger partial charge is 0.395 e. The number of benzene rings is 2. The summed E-state index contributed by atoms with van der Waals surface area (Å²) in [6.07, 6.45) is 6.86. The van der Waals surface area contributed by atoms with Gasteiger partial charge in [-0.15, -0.1) is 0 Å². The first kappa shape index (κ1) is 19.2. The summed E-state index contributed by atoms with van der Waals surface area (Å²) in [4.78, 5) is 2.48. The number of rotatable bonds is 5. The van der Waals surface area contributed by atoms with Crippen molar-refractivity contribution < 1.29 is 9.50 Å². The van der Waals surface area contributed by atoms with Crippen LogP contribution in [0.2, 0.25) is 0 Å². The molecule has 5 heteroatoms. The Morgan fingerprint density at radius 3 is 2.63 bits per heavy atom. The first-order valence-electron chi connectivity index (χ1n) is 10.6. The lowest BCUT2D eigenvalue weighted by molar-refractivity contribution is 0.0763. The third kappa shape index (κ3) is 3.48. The van der Waals surface area contributed by atoms with E-state index in [1.165, 1.54) is 23.3 Å². The van der Waals surface area contributed by atoms with Gasteiger partial charge >= 0.3 is 0 Å². The summed E-state index contributed by atoms with van der Waals surface area (Å²) in [5.74, 6) is -0.250. The standard InChI is InChI=1S/C25H26FN3O/c26-22-6-8-23(9-7-22)29-24-14-21-11-13-28(12-10-19-4-2-1-3-5-19)17-25(21,18-30)15-20(24)16-27-29/h1-9,14,16,30H,10-13,15,17-18H2/t25-/m1/s1. The molecule has 0 unspecified atom stereocenters. The lowest BCUT2D eigenvalue weighted by Crippen LogP contribution is -2.49. The van der Waals surface area contributed by atoms with Crippen molar-refractivity contribution in [2.45, 2.75) is 19.3 Å². The predicted octanol–water partition coefficient (Wildman–Crippen LogP) is 3.88. The Labute approximate surface area is 176 Å². The molecule has 3 aromatic rings. The number of fused-ring (bicyclic) bond motifs is 2. The van der Waals surface area contributed by atoms with E-state index in [1.54, 1.807) is 12.1 Å². The van der Waals surface area contributed by atoms with Crippen LogP contribution in [0.15, 0.2) is 66.4 Å². The normalized spacial score (nSPS) is 21.1. The van der Waals surface area contributed by atoms with Crippen LogP contribution in [0.5, 0.6) is 0 Å². The number of hydrogen-bond donors (Lipinski definition) is 1. The molecule has 1 aliphatic heterocycles. The number of aromatic nitrogens is 2. The van der Waals surface area contributed by atoms with E-state index < -0.39 is 0 Å². The molecule has 1 fully saturated rings. The van der Waals surface area contributed by atoms with Crippen LogP contribution in [0.4, 0.5) is 4.39 Å². The zero-order valence-electron chi connectivity index (χ0n) is 17.0. The van der Waals surface area contributed by atoms with Gasteiger partial charge in [0.2, 0.25) is 0 Å². The van der Waals surface area contributed by atoms with E-state index in [0.29, 0.717) is 0 Å². The van der Waals surface area contributed by atoms with Crippen LogP contribution < -0.4 is 0 Å². The van der Waals surface area contributed by atoms with Crippen LogP contribution in [0, 0.1) is 11.2 Å². The molecule has 5 rings (SSSR count). The monoisotopic (exact) mass is 403 g/mol. The Hall–Kier alpha value is -2.76. The van der Waals surface area contributed by atoms with Crippen LogP contribution in [0.1, 0.15) is 23.2 Å². The van der Waals surface area contributed by atoms with Crippen LogP contribution in [0.25, 0.3) is 11.8 Å². The number of nitrogens with zero attached hydrogens (tertiary/aromatic N) is 3. The summed E-state index contributed by atoms with van der Waals surface area (Å²) >= 11 is 0. The lowest BCUT2D eigenvalue weighted by atomic mass is 9.69. The Kier molecular flexibility index (Phi) is 5.01. The third-order valence-electron chi connectivity index (χ3n) is 6.56. The van der Waals surface area contributed by atoms with E-state index in [9.17, 15) is 9.50 Å². The van der Waals surface area contributed by atoms with Gasteiger partial charge in [0.05, 0.1) is 24.2 Å². The summed E-state index contributed by atoms with van der Waals surface area (Å²) in [7, 11) is 0. The number of halogens is 1. The second kappa shape index (κ2) is 7.82. The van der Waals surface area contributed by atoms with Gasteiger partial charge in [0.25, 0.3) is 0 Å². The van der Waals surface area contributed by atoms with Crippen molar-refractivity contribution in [3.8, 4) is 5.69 Å². The minimum absolute atomic E-state index is 0.141. The van der Waals surface area contributed by atoms with Gasteiger partial charge in [0.1, 0.15) is 5.82 Å². The lowest BCUT2D eigenvalue weighted by Gasteiger charge is -2.45. The van der Waals surface area contributed by atoms with Crippen molar-refractivity contribution in [3.63, 3.8) is 0 Å². The molecular weight excluding hydrogens is 377 g/mol. The van der Waals surface area contributed by atoms with Gasteiger partial charge in [-0.05, 0) is 60.7 Å². The molecule has 2 aliphatic rings. The highest BCUT2D eigenvalue weighted by atomic mass is 19.1. The SMILES string of the molecule is OC[C@]12Cc3cnn(-c4ccc(F)cc4)c3C=C1CCN(CCc1ccccc1)C2. The number of aliphatic hydroxyl groups excluding tert-OH is 1. The van der Waals surface area contributed by atoms with Crippen LogP contribution in [0.3, 0.4) is 0 Å². The fourth-order valence-corrected chi connectivity index (χ4v) is 4.88. The van der Waals surface area contributed by atoms with Gasteiger partial charge in [0.15, 0.2) is 0 Å². The molecule has 0 amide bonds. The van der Waals surface area contributed by atoms with Crippen LogP contribution in [-0.4, -0.2) is 46.0 Å². The fraction of sp³-hybridized carbons (Fsp3) is 0.320. The quantitative estimate of drug-likeness (QED) is 0.703. The number of aliphatic hydroxyl groups is 1. The molecule has 2 heterocycles. The molecule has 1 aliphatic carbocycles. The van der Waals surface area contributed by atoms with E-state index in [-0.39, 0.29) is 17.8 Å². The Balaban J connectivity index is 1.38. The summed E-state index contributed by atoms with van der Waals surface area (Å²) in [5, 5.41) is 15.0. The molecule has 2 aromatic carbocycles. The van der Waals surface area contributed by atoms with E-state index >= 15 is 0 Å². The first-order chi connectivity index (χ1) is 14.7.